The number of allylic oxidation sites excluding steroid dienone is 6. The van der Waals surface area contributed by atoms with Gasteiger partial charge in [-0.15, -0.1) is 0 Å². The second-order valence-corrected chi connectivity index (χ2v) is 16.0. The van der Waals surface area contributed by atoms with Crippen molar-refractivity contribution in [3.8, 4) is 0 Å². The Morgan fingerprint density at radius 1 is 0.473 bits per heavy atom. The van der Waals surface area contributed by atoms with Crippen LogP contribution in [0, 0.1) is 0 Å². The predicted octanol–water partition coefficient (Wildman–Crippen LogP) is 14.9. The minimum absolute atomic E-state index is 0.0201. The van der Waals surface area contributed by atoms with Gasteiger partial charge >= 0.3 is 11.9 Å². The summed E-state index contributed by atoms with van der Waals surface area (Å²) in [5.41, 5.74) is 0. The van der Waals surface area contributed by atoms with E-state index in [1.807, 2.05) is 0 Å². The summed E-state index contributed by atoms with van der Waals surface area (Å²) in [6.07, 6.45) is 55.6. The monoisotopic (exact) mass is 772 g/mol. The van der Waals surface area contributed by atoms with Gasteiger partial charge in [0, 0.05) is 12.8 Å². The number of aliphatic carboxylic acids is 1. The first-order chi connectivity index (χ1) is 27.0. The smallest absolute Gasteiger partial charge is 0.322 e. The van der Waals surface area contributed by atoms with Crippen molar-refractivity contribution in [1.29, 1.82) is 0 Å². The summed E-state index contributed by atoms with van der Waals surface area (Å²) in [5, 5.41) is 11.1. The van der Waals surface area contributed by atoms with E-state index >= 15 is 0 Å². The van der Waals surface area contributed by atoms with Crippen molar-refractivity contribution < 1.29 is 24.2 Å². The summed E-state index contributed by atoms with van der Waals surface area (Å²) >= 11 is 0. The first-order valence-electron chi connectivity index (χ1n) is 23.6. The van der Waals surface area contributed by atoms with Crippen LogP contribution in [0.4, 0.5) is 0 Å². The number of esters is 1. The average molecular weight is 772 g/mol. The zero-order chi connectivity index (χ0) is 40.1. The SMILES string of the molecule is CCCCCCC/C=C\C/C=C\C/C=C\CCCCCCCCCCC(=O)OC(CCCCCCCCCCCC)CCCCCCCC(=O)NCC(=O)O. The van der Waals surface area contributed by atoms with Crippen LogP contribution in [0.5, 0.6) is 0 Å². The summed E-state index contributed by atoms with van der Waals surface area (Å²) < 4.78 is 6.04. The van der Waals surface area contributed by atoms with Crippen molar-refractivity contribution in [3.05, 3.63) is 36.5 Å². The third-order valence-corrected chi connectivity index (χ3v) is 10.6. The molecule has 0 aromatic rings. The molecule has 2 N–H and O–H groups in total. The number of carbonyl (C=O) groups excluding carboxylic acids is 2. The van der Waals surface area contributed by atoms with Gasteiger partial charge in [-0.05, 0) is 77.0 Å². The van der Waals surface area contributed by atoms with Crippen molar-refractivity contribution in [2.24, 2.45) is 0 Å². The molecule has 0 aromatic carbocycles. The van der Waals surface area contributed by atoms with E-state index < -0.39 is 5.97 Å². The molecule has 0 saturated heterocycles. The van der Waals surface area contributed by atoms with Gasteiger partial charge in [-0.3, -0.25) is 14.4 Å². The highest BCUT2D eigenvalue weighted by Gasteiger charge is 2.14. The van der Waals surface area contributed by atoms with Crippen LogP contribution in [0.15, 0.2) is 36.5 Å². The molecule has 0 aliphatic rings. The Kier molecular flexibility index (Phi) is 42.4. The number of hydrogen-bond acceptors (Lipinski definition) is 4. The van der Waals surface area contributed by atoms with E-state index in [9.17, 15) is 14.4 Å². The Balaban J connectivity index is 4.03. The van der Waals surface area contributed by atoms with Gasteiger partial charge < -0.3 is 15.2 Å². The molecule has 0 rings (SSSR count). The molecule has 0 saturated carbocycles. The number of carbonyl (C=O) groups is 3. The number of carboxylic acid groups (broad SMARTS) is 1. The summed E-state index contributed by atoms with van der Waals surface area (Å²) in [4.78, 5) is 35.1. The van der Waals surface area contributed by atoms with Crippen LogP contribution < -0.4 is 5.32 Å². The fraction of sp³-hybridized carbons (Fsp3) is 0.816. The van der Waals surface area contributed by atoms with E-state index in [0.717, 1.165) is 77.0 Å². The molecule has 0 heterocycles. The molecule has 0 radical (unpaired) electrons. The lowest BCUT2D eigenvalue weighted by atomic mass is 10.0. The second-order valence-electron chi connectivity index (χ2n) is 16.0. The second kappa shape index (κ2) is 44.3. The number of nitrogens with one attached hydrogen (secondary N) is 1. The molecule has 0 aromatic heterocycles. The molecule has 320 valence electrons. The van der Waals surface area contributed by atoms with Crippen LogP contribution in [0.3, 0.4) is 0 Å². The Morgan fingerprint density at radius 3 is 1.27 bits per heavy atom. The van der Waals surface area contributed by atoms with Gasteiger partial charge in [-0.2, -0.15) is 0 Å². The summed E-state index contributed by atoms with van der Waals surface area (Å²) in [6.45, 7) is 4.22. The fourth-order valence-electron chi connectivity index (χ4n) is 7.05. The zero-order valence-electron chi connectivity index (χ0n) is 36.3. The van der Waals surface area contributed by atoms with Crippen LogP contribution in [0.1, 0.15) is 245 Å². The van der Waals surface area contributed by atoms with E-state index in [4.69, 9.17) is 9.84 Å². The molecule has 6 heteroatoms. The Labute approximate surface area is 340 Å². The highest BCUT2D eigenvalue weighted by atomic mass is 16.5. The summed E-state index contributed by atoms with van der Waals surface area (Å²) in [5.74, 6) is -1.23. The summed E-state index contributed by atoms with van der Waals surface area (Å²) in [7, 11) is 0. The normalized spacial score (nSPS) is 12.3. The number of ether oxygens (including phenoxy) is 1. The van der Waals surface area contributed by atoms with E-state index in [1.165, 1.54) is 141 Å². The maximum Gasteiger partial charge on any atom is 0.322 e. The van der Waals surface area contributed by atoms with Crippen molar-refractivity contribution in [3.63, 3.8) is 0 Å². The predicted molar refractivity (Wildman–Crippen MR) is 236 cm³/mol. The third-order valence-electron chi connectivity index (χ3n) is 10.6. The lowest BCUT2D eigenvalue weighted by Crippen LogP contribution is -2.28. The molecule has 1 atom stereocenters. The molecule has 0 spiro atoms. The number of unbranched alkanes of at least 4 members (excludes halogenated alkanes) is 26. The maximum absolute atomic E-state index is 12.8. The van der Waals surface area contributed by atoms with E-state index in [2.05, 4.69) is 55.6 Å². The number of rotatable bonds is 43. The molecule has 0 aliphatic heterocycles. The molecular weight excluding hydrogens is 683 g/mol. The van der Waals surface area contributed by atoms with Gasteiger partial charge in [0.05, 0.1) is 0 Å². The van der Waals surface area contributed by atoms with Crippen molar-refractivity contribution in [1.82, 2.24) is 5.32 Å². The van der Waals surface area contributed by atoms with Gasteiger partial charge in [0.2, 0.25) is 5.91 Å². The van der Waals surface area contributed by atoms with Crippen LogP contribution in [0.2, 0.25) is 0 Å². The highest BCUT2D eigenvalue weighted by Crippen LogP contribution is 2.19. The van der Waals surface area contributed by atoms with E-state index in [0.29, 0.717) is 12.8 Å². The van der Waals surface area contributed by atoms with Gasteiger partial charge in [0.1, 0.15) is 12.6 Å². The minimum Gasteiger partial charge on any atom is -0.480 e. The van der Waals surface area contributed by atoms with Crippen molar-refractivity contribution >= 4 is 17.8 Å². The topological polar surface area (TPSA) is 92.7 Å². The van der Waals surface area contributed by atoms with E-state index in [-0.39, 0.29) is 24.5 Å². The quantitative estimate of drug-likeness (QED) is 0.0366. The third kappa shape index (κ3) is 44.2. The fourth-order valence-corrected chi connectivity index (χ4v) is 7.05. The first kappa shape index (κ1) is 52.6. The molecule has 1 unspecified atom stereocenters. The molecule has 0 aliphatic carbocycles. The Hall–Kier alpha value is -2.37. The minimum atomic E-state index is -1.02. The van der Waals surface area contributed by atoms with Crippen molar-refractivity contribution in [2.45, 2.75) is 251 Å². The van der Waals surface area contributed by atoms with Gasteiger partial charge in [0.15, 0.2) is 0 Å². The maximum atomic E-state index is 12.8. The molecule has 1 amide bonds. The van der Waals surface area contributed by atoms with Gasteiger partial charge in [-0.1, -0.05) is 192 Å². The van der Waals surface area contributed by atoms with Crippen LogP contribution in [-0.4, -0.2) is 35.6 Å². The average Bonchev–Trinajstić information content (AvgIpc) is 3.17. The van der Waals surface area contributed by atoms with Crippen LogP contribution >= 0.6 is 0 Å². The molecule has 0 fully saturated rings. The molecule has 55 heavy (non-hydrogen) atoms. The largest absolute Gasteiger partial charge is 0.480 e. The number of carboxylic acids is 1. The highest BCUT2D eigenvalue weighted by molar-refractivity contribution is 5.80. The lowest BCUT2D eigenvalue weighted by molar-refractivity contribution is -0.150. The van der Waals surface area contributed by atoms with Gasteiger partial charge in [-0.25, -0.2) is 0 Å². The lowest BCUT2D eigenvalue weighted by Gasteiger charge is -2.18. The van der Waals surface area contributed by atoms with E-state index in [1.54, 1.807) is 0 Å². The Bertz CT molecular complexity index is 942. The zero-order valence-corrected chi connectivity index (χ0v) is 36.3. The molecule has 0 bridgehead atoms. The van der Waals surface area contributed by atoms with Gasteiger partial charge in [0.25, 0.3) is 0 Å². The number of hydrogen-bond donors (Lipinski definition) is 2. The van der Waals surface area contributed by atoms with Crippen molar-refractivity contribution in [2.75, 3.05) is 6.54 Å². The number of amides is 1. The Morgan fingerprint density at radius 2 is 0.836 bits per heavy atom. The van der Waals surface area contributed by atoms with Crippen LogP contribution in [-0.2, 0) is 19.1 Å². The molecule has 6 nitrogen and oxygen atoms in total. The summed E-state index contributed by atoms with van der Waals surface area (Å²) in [6, 6.07) is 0. The first-order valence-corrected chi connectivity index (χ1v) is 23.6. The standard InChI is InChI=1S/C49H89NO5/c1-3-5-7-9-11-13-15-16-17-18-19-20-21-22-23-24-25-26-27-29-31-36-40-44-49(54)55-46(41-37-33-30-28-14-12-10-8-6-4-2)42-38-34-32-35-39-43-47(51)50-45-48(52)53/h15-16,18-19,21-22,46H,3-14,17,20,23-45H2,1-2H3,(H,50,51)(H,52,53)/b16-15-,19-18-,22-21-. The molecular formula is C49H89NO5. The van der Waals surface area contributed by atoms with Crippen LogP contribution in [0.25, 0.3) is 0 Å².